The van der Waals surface area contributed by atoms with E-state index >= 15 is 0 Å². The maximum Gasteiger partial charge on any atom is 0.243 e. The molecule has 7 heteroatoms. The number of carbonyl (C=O) groups excluding carboxylic acids is 2. The van der Waals surface area contributed by atoms with Gasteiger partial charge in [0.05, 0.1) is 6.04 Å². The van der Waals surface area contributed by atoms with E-state index < -0.39 is 0 Å². The molecule has 4 rings (SSSR count). The van der Waals surface area contributed by atoms with Crippen molar-refractivity contribution in [2.24, 2.45) is 0 Å². The van der Waals surface area contributed by atoms with Crippen molar-refractivity contribution in [2.45, 2.75) is 18.9 Å². The summed E-state index contributed by atoms with van der Waals surface area (Å²) < 4.78 is 0. The van der Waals surface area contributed by atoms with Crippen molar-refractivity contribution in [1.29, 1.82) is 0 Å². The number of pyridine rings is 1. The average molecular weight is 387 g/mol. The van der Waals surface area contributed by atoms with Crippen LogP contribution in [0.2, 0.25) is 0 Å². The van der Waals surface area contributed by atoms with Gasteiger partial charge in [-0.25, -0.2) is 0 Å². The van der Waals surface area contributed by atoms with Gasteiger partial charge >= 0.3 is 0 Å². The Morgan fingerprint density at radius 3 is 2.85 bits per heavy atom. The number of aryl methyl sites for hydroxylation is 1. The van der Waals surface area contributed by atoms with Crippen molar-refractivity contribution < 1.29 is 9.59 Å². The number of carbonyl (C=O) groups is 2. The molecular weight excluding hydrogens is 364 g/mol. The fourth-order valence-electron chi connectivity index (χ4n) is 3.77. The number of benzene rings is 1. The number of rotatable bonds is 3. The van der Waals surface area contributed by atoms with Crippen LogP contribution < -0.4 is 10.2 Å². The summed E-state index contributed by atoms with van der Waals surface area (Å²) in [5.74, 6) is -0.00415. The Kier molecular flexibility index (Phi) is 6.08. The van der Waals surface area contributed by atoms with Gasteiger partial charge in [0.1, 0.15) is 6.54 Å². The zero-order chi connectivity index (χ0) is 17.9. The van der Waals surface area contributed by atoms with Gasteiger partial charge < -0.3 is 15.1 Å². The number of fused-ring (bicyclic) bond motifs is 1. The number of hydrogen-bond donors (Lipinski definition) is 1. The van der Waals surface area contributed by atoms with Crippen LogP contribution in [0, 0.1) is 0 Å². The summed E-state index contributed by atoms with van der Waals surface area (Å²) in [7, 11) is 0. The lowest BCUT2D eigenvalue weighted by atomic mass is 10.0. The predicted molar refractivity (Wildman–Crippen MR) is 106 cm³/mol. The summed E-state index contributed by atoms with van der Waals surface area (Å²) in [6.45, 7) is 2.17. The Hall–Kier alpha value is -2.44. The molecule has 27 heavy (non-hydrogen) atoms. The topological polar surface area (TPSA) is 65.5 Å². The number of hydrogen-bond acceptors (Lipinski definition) is 4. The Morgan fingerprint density at radius 1 is 1.19 bits per heavy atom. The molecule has 0 saturated carbocycles. The van der Waals surface area contributed by atoms with Gasteiger partial charge in [-0.1, -0.05) is 24.3 Å². The molecule has 0 bridgehead atoms. The zero-order valence-electron chi connectivity index (χ0n) is 15.0. The smallest absolute Gasteiger partial charge is 0.243 e. The molecular formula is C20H23ClN4O2. The number of halogens is 1. The first-order valence-electron chi connectivity index (χ1n) is 9.02. The zero-order valence-corrected chi connectivity index (χ0v) is 15.8. The average Bonchev–Trinajstić information content (AvgIpc) is 2.71. The number of anilines is 1. The van der Waals surface area contributed by atoms with Crippen LogP contribution in [0.5, 0.6) is 0 Å². The summed E-state index contributed by atoms with van der Waals surface area (Å²) >= 11 is 0. The minimum atomic E-state index is -0.0555. The molecule has 1 aromatic heterocycles. The van der Waals surface area contributed by atoms with Gasteiger partial charge in [0.25, 0.3) is 0 Å². The molecule has 6 nitrogen and oxygen atoms in total. The molecule has 2 aromatic rings. The largest absolute Gasteiger partial charge is 0.331 e. The van der Waals surface area contributed by atoms with E-state index in [9.17, 15) is 9.59 Å². The van der Waals surface area contributed by atoms with Crippen LogP contribution in [-0.2, 0) is 16.0 Å². The van der Waals surface area contributed by atoms with Gasteiger partial charge in [0, 0.05) is 44.1 Å². The highest BCUT2D eigenvalue weighted by Gasteiger charge is 2.32. The Morgan fingerprint density at radius 2 is 2.04 bits per heavy atom. The third-order valence-electron chi connectivity index (χ3n) is 5.12. The van der Waals surface area contributed by atoms with E-state index in [0.717, 1.165) is 29.8 Å². The second-order valence-electron chi connectivity index (χ2n) is 6.70. The standard InChI is InChI=1S/C20H22N4O2.ClH/c25-19-8-7-15-4-1-2-6-17(15)24(19)14-20(26)23-11-10-22-13-18(23)16-5-3-9-21-12-16;/h1-6,9,12,18,22H,7-8,10-11,13-14H2;1H. The molecule has 142 valence electrons. The first-order chi connectivity index (χ1) is 12.7. The normalized spacial score (nSPS) is 19.3. The molecule has 1 atom stereocenters. The molecule has 3 heterocycles. The van der Waals surface area contributed by atoms with E-state index in [1.807, 2.05) is 41.3 Å². The van der Waals surface area contributed by atoms with E-state index in [2.05, 4.69) is 10.3 Å². The molecule has 1 fully saturated rings. The van der Waals surface area contributed by atoms with Crippen molar-refractivity contribution in [1.82, 2.24) is 15.2 Å². The van der Waals surface area contributed by atoms with Gasteiger partial charge in [-0.3, -0.25) is 14.6 Å². The number of amides is 2. The highest BCUT2D eigenvalue weighted by atomic mass is 35.5. The lowest BCUT2D eigenvalue weighted by Crippen LogP contribution is -2.52. The highest BCUT2D eigenvalue weighted by molar-refractivity contribution is 6.01. The first-order valence-corrected chi connectivity index (χ1v) is 9.02. The van der Waals surface area contributed by atoms with Crippen molar-refractivity contribution >= 4 is 29.9 Å². The molecule has 1 aromatic carbocycles. The monoisotopic (exact) mass is 386 g/mol. The van der Waals surface area contributed by atoms with Crippen molar-refractivity contribution in [3.63, 3.8) is 0 Å². The minimum absolute atomic E-state index is 0. The second kappa shape index (κ2) is 8.50. The number of aromatic nitrogens is 1. The Balaban J connectivity index is 0.00000210. The molecule has 2 aliphatic rings. The van der Waals surface area contributed by atoms with Gasteiger partial charge in [-0.05, 0) is 29.7 Å². The molecule has 0 radical (unpaired) electrons. The quantitative estimate of drug-likeness (QED) is 0.875. The summed E-state index contributed by atoms with van der Waals surface area (Å²) in [6.07, 6.45) is 4.73. The van der Waals surface area contributed by atoms with Gasteiger partial charge in [-0.2, -0.15) is 0 Å². The van der Waals surface area contributed by atoms with Crippen molar-refractivity contribution in [2.75, 3.05) is 31.1 Å². The Labute approximate surface area is 165 Å². The fraction of sp³-hybridized carbons (Fsp3) is 0.350. The summed E-state index contributed by atoms with van der Waals surface area (Å²) in [4.78, 5) is 33.2. The third kappa shape index (κ3) is 3.96. The second-order valence-corrected chi connectivity index (χ2v) is 6.70. The minimum Gasteiger partial charge on any atom is -0.331 e. The molecule has 2 amide bonds. The number of nitrogens with one attached hydrogen (secondary N) is 1. The lowest BCUT2D eigenvalue weighted by Gasteiger charge is -2.38. The fourth-order valence-corrected chi connectivity index (χ4v) is 3.77. The molecule has 1 N–H and O–H groups in total. The summed E-state index contributed by atoms with van der Waals surface area (Å²) in [5.41, 5.74) is 3.01. The van der Waals surface area contributed by atoms with E-state index in [1.165, 1.54) is 0 Å². The van der Waals surface area contributed by atoms with E-state index in [-0.39, 0.29) is 36.8 Å². The van der Waals surface area contributed by atoms with Crippen LogP contribution >= 0.6 is 12.4 Å². The van der Waals surface area contributed by atoms with Crippen LogP contribution in [0.4, 0.5) is 5.69 Å². The molecule has 0 aliphatic carbocycles. The van der Waals surface area contributed by atoms with Crippen LogP contribution in [0.15, 0.2) is 48.8 Å². The highest BCUT2D eigenvalue weighted by Crippen LogP contribution is 2.28. The van der Waals surface area contributed by atoms with E-state index in [0.29, 0.717) is 19.5 Å². The summed E-state index contributed by atoms with van der Waals surface area (Å²) in [5, 5.41) is 3.34. The number of piperazine rings is 1. The molecule has 1 saturated heterocycles. The maximum absolute atomic E-state index is 13.1. The lowest BCUT2D eigenvalue weighted by molar-refractivity contribution is -0.134. The van der Waals surface area contributed by atoms with Crippen LogP contribution in [-0.4, -0.2) is 47.9 Å². The van der Waals surface area contributed by atoms with Crippen LogP contribution in [0.3, 0.4) is 0 Å². The Bertz CT molecular complexity index is 815. The van der Waals surface area contributed by atoms with Crippen molar-refractivity contribution in [3.8, 4) is 0 Å². The SMILES string of the molecule is Cl.O=C1CCc2ccccc2N1CC(=O)N1CCNCC1c1cccnc1. The molecule has 2 aliphatic heterocycles. The first kappa shape index (κ1) is 19.3. The van der Waals surface area contributed by atoms with E-state index in [1.54, 1.807) is 17.3 Å². The van der Waals surface area contributed by atoms with Gasteiger partial charge in [0.15, 0.2) is 0 Å². The maximum atomic E-state index is 13.1. The van der Waals surface area contributed by atoms with Gasteiger partial charge in [0.2, 0.25) is 11.8 Å². The summed E-state index contributed by atoms with van der Waals surface area (Å²) in [6, 6.07) is 11.7. The predicted octanol–water partition coefficient (Wildman–Crippen LogP) is 1.96. The number of nitrogens with zero attached hydrogens (tertiary/aromatic N) is 3. The van der Waals surface area contributed by atoms with Crippen LogP contribution in [0.1, 0.15) is 23.6 Å². The number of para-hydroxylation sites is 1. The van der Waals surface area contributed by atoms with Crippen LogP contribution in [0.25, 0.3) is 0 Å². The molecule has 0 spiro atoms. The molecule has 1 unspecified atom stereocenters. The third-order valence-corrected chi connectivity index (χ3v) is 5.12. The van der Waals surface area contributed by atoms with Crippen molar-refractivity contribution in [3.05, 3.63) is 59.9 Å². The van der Waals surface area contributed by atoms with E-state index in [4.69, 9.17) is 0 Å². The van der Waals surface area contributed by atoms with Gasteiger partial charge in [-0.15, -0.1) is 12.4 Å².